The fraction of sp³-hybridized carbons (Fsp3) is 0.846. The molecule has 0 aliphatic heterocycles. The first-order valence-electron chi connectivity index (χ1n) is 6.08. The normalized spacial score (nSPS) is 43.9. The molecule has 0 aromatic carbocycles. The van der Waals surface area contributed by atoms with Crippen LogP contribution in [0.1, 0.15) is 34.1 Å². The largest absolute Gasteiger partial charge is 0.390 e. The quantitative estimate of drug-likeness (QED) is 0.531. The number of aliphatic hydroxyl groups excluding tert-OH is 3. The van der Waals surface area contributed by atoms with Gasteiger partial charge in [0.15, 0.2) is 0 Å². The molecule has 0 heterocycles. The lowest BCUT2D eigenvalue weighted by Gasteiger charge is -2.52. The van der Waals surface area contributed by atoms with Crippen LogP contribution < -0.4 is 0 Å². The van der Waals surface area contributed by atoms with Crippen LogP contribution in [0, 0.1) is 11.3 Å². The molecule has 5 atom stereocenters. The van der Waals surface area contributed by atoms with E-state index in [1.807, 2.05) is 13.8 Å². The second-order valence-corrected chi connectivity index (χ2v) is 5.86. The zero-order valence-electron chi connectivity index (χ0n) is 11.0. The Hall–Kier alpha value is -0.420. The standard InChI is InChI=1S/C13H24O4/c1-8(14)5-6-13(17)9(2)11(16)10(15)7-12(13,3)4/h5-6,8-11,14-17H,7H2,1-4H3/b6-5+. The molecule has 1 saturated carbocycles. The molecule has 5 unspecified atom stereocenters. The molecule has 0 radical (unpaired) electrons. The summed E-state index contributed by atoms with van der Waals surface area (Å²) in [5.41, 5.74) is -1.79. The summed E-state index contributed by atoms with van der Waals surface area (Å²) in [7, 11) is 0. The van der Waals surface area contributed by atoms with Gasteiger partial charge < -0.3 is 20.4 Å². The van der Waals surface area contributed by atoms with E-state index >= 15 is 0 Å². The minimum Gasteiger partial charge on any atom is -0.390 e. The van der Waals surface area contributed by atoms with Crippen molar-refractivity contribution in [2.75, 3.05) is 0 Å². The summed E-state index contributed by atoms with van der Waals surface area (Å²) in [4.78, 5) is 0. The van der Waals surface area contributed by atoms with Crippen LogP contribution in [-0.2, 0) is 0 Å². The Balaban J connectivity index is 3.08. The molecule has 0 saturated heterocycles. The zero-order valence-corrected chi connectivity index (χ0v) is 11.0. The fourth-order valence-corrected chi connectivity index (χ4v) is 2.68. The summed E-state index contributed by atoms with van der Waals surface area (Å²) >= 11 is 0. The molecule has 17 heavy (non-hydrogen) atoms. The van der Waals surface area contributed by atoms with Gasteiger partial charge in [-0.1, -0.05) is 32.9 Å². The van der Waals surface area contributed by atoms with Gasteiger partial charge in [-0.3, -0.25) is 0 Å². The maximum Gasteiger partial charge on any atom is 0.0931 e. The summed E-state index contributed by atoms with van der Waals surface area (Å²) in [6.07, 6.45) is 0.970. The van der Waals surface area contributed by atoms with Crippen LogP contribution in [0.4, 0.5) is 0 Å². The summed E-state index contributed by atoms with van der Waals surface area (Å²) < 4.78 is 0. The predicted molar refractivity (Wildman–Crippen MR) is 65.3 cm³/mol. The highest BCUT2D eigenvalue weighted by Gasteiger charge is 2.54. The summed E-state index contributed by atoms with van der Waals surface area (Å²) in [5, 5.41) is 39.6. The number of hydrogen-bond acceptors (Lipinski definition) is 4. The first-order valence-corrected chi connectivity index (χ1v) is 6.08. The van der Waals surface area contributed by atoms with Crippen LogP contribution in [0.3, 0.4) is 0 Å². The molecule has 1 aliphatic carbocycles. The number of aliphatic hydroxyl groups is 4. The highest BCUT2D eigenvalue weighted by Crippen LogP contribution is 2.48. The van der Waals surface area contributed by atoms with E-state index < -0.39 is 35.2 Å². The second kappa shape index (κ2) is 4.69. The topological polar surface area (TPSA) is 80.9 Å². The average molecular weight is 244 g/mol. The smallest absolute Gasteiger partial charge is 0.0931 e. The molecule has 0 spiro atoms. The lowest BCUT2D eigenvalue weighted by atomic mass is 9.58. The van der Waals surface area contributed by atoms with E-state index in [1.54, 1.807) is 19.9 Å². The Kier molecular flexibility index (Phi) is 4.04. The van der Waals surface area contributed by atoms with E-state index in [0.29, 0.717) is 6.42 Å². The van der Waals surface area contributed by atoms with Crippen LogP contribution in [0.25, 0.3) is 0 Å². The Bertz CT molecular complexity index is 298. The third-order valence-electron chi connectivity index (χ3n) is 4.03. The van der Waals surface area contributed by atoms with Crippen LogP contribution in [0.15, 0.2) is 12.2 Å². The molecule has 0 aromatic heterocycles. The summed E-state index contributed by atoms with van der Waals surface area (Å²) in [6.45, 7) is 7.02. The van der Waals surface area contributed by atoms with Gasteiger partial charge in [0.05, 0.1) is 23.9 Å². The van der Waals surface area contributed by atoms with Crippen molar-refractivity contribution in [1.29, 1.82) is 0 Å². The fourth-order valence-electron chi connectivity index (χ4n) is 2.68. The maximum atomic E-state index is 10.7. The first kappa shape index (κ1) is 14.6. The van der Waals surface area contributed by atoms with E-state index in [-0.39, 0.29) is 0 Å². The van der Waals surface area contributed by atoms with Crippen molar-refractivity contribution in [3.8, 4) is 0 Å². The van der Waals surface area contributed by atoms with Gasteiger partial charge in [-0.25, -0.2) is 0 Å². The van der Waals surface area contributed by atoms with E-state index in [2.05, 4.69) is 0 Å². The van der Waals surface area contributed by atoms with Crippen molar-refractivity contribution in [2.24, 2.45) is 11.3 Å². The molecule has 0 bridgehead atoms. The van der Waals surface area contributed by atoms with Crippen molar-refractivity contribution >= 4 is 0 Å². The van der Waals surface area contributed by atoms with Gasteiger partial charge in [-0.05, 0) is 13.3 Å². The second-order valence-electron chi connectivity index (χ2n) is 5.86. The lowest BCUT2D eigenvalue weighted by molar-refractivity contribution is -0.182. The van der Waals surface area contributed by atoms with Crippen molar-refractivity contribution in [3.63, 3.8) is 0 Å². The highest BCUT2D eigenvalue weighted by molar-refractivity contribution is 5.17. The third kappa shape index (κ3) is 2.55. The minimum atomic E-state index is -1.23. The van der Waals surface area contributed by atoms with E-state index in [9.17, 15) is 20.4 Å². The van der Waals surface area contributed by atoms with E-state index in [1.165, 1.54) is 6.08 Å². The monoisotopic (exact) mass is 244 g/mol. The molecular formula is C13H24O4. The summed E-state index contributed by atoms with van der Waals surface area (Å²) in [5.74, 6) is -0.490. The van der Waals surface area contributed by atoms with Crippen molar-refractivity contribution in [1.82, 2.24) is 0 Å². The van der Waals surface area contributed by atoms with Crippen LogP contribution in [0.5, 0.6) is 0 Å². The van der Waals surface area contributed by atoms with Gasteiger partial charge in [-0.15, -0.1) is 0 Å². The van der Waals surface area contributed by atoms with Crippen LogP contribution in [-0.4, -0.2) is 44.3 Å². The van der Waals surface area contributed by atoms with Gasteiger partial charge in [0, 0.05) is 11.3 Å². The molecule has 4 nitrogen and oxygen atoms in total. The number of hydrogen-bond donors (Lipinski definition) is 4. The number of rotatable bonds is 2. The van der Waals surface area contributed by atoms with Crippen molar-refractivity contribution in [3.05, 3.63) is 12.2 Å². The molecule has 1 aliphatic rings. The Labute approximate surface area is 103 Å². The van der Waals surface area contributed by atoms with Gasteiger partial charge in [-0.2, -0.15) is 0 Å². The molecular weight excluding hydrogens is 220 g/mol. The molecule has 100 valence electrons. The molecule has 4 N–H and O–H groups in total. The van der Waals surface area contributed by atoms with Gasteiger partial charge >= 0.3 is 0 Å². The Morgan fingerprint density at radius 1 is 1.29 bits per heavy atom. The SMILES string of the molecule is CC(O)/C=C/C1(O)C(C)C(O)C(O)CC1(C)C. The molecule has 0 aromatic rings. The third-order valence-corrected chi connectivity index (χ3v) is 4.03. The van der Waals surface area contributed by atoms with E-state index in [0.717, 1.165) is 0 Å². The van der Waals surface area contributed by atoms with Crippen molar-refractivity contribution < 1.29 is 20.4 Å². The van der Waals surface area contributed by atoms with Gasteiger partial charge in [0.1, 0.15) is 0 Å². The Morgan fingerprint density at radius 3 is 2.29 bits per heavy atom. The summed E-state index contributed by atoms with van der Waals surface area (Å²) in [6, 6.07) is 0. The highest BCUT2D eigenvalue weighted by atomic mass is 16.3. The molecule has 0 amide bonds. The predicted octanol–water partition coefficient (Wildman–Crippen LogP) is 0.442. The average Bonchev–Trinajstić information content (AvgIpc) is 2.21. The zero-order chi connectivity index (χ0) is 13.4. The van der Waals surface area contributed by atoms with Crippen LogP contribution >= 0.6 is 0 Å². The van der Waals surface area contributed by atoms with E-state index in [4.69, 9.17) is 0 Å². The van der Waals surface area contributed by atoms with Crippen molar-refractivity contribution in [2.45, 2.75) is 58.0 Å². The molecule has 1 fully saturated rings. The Morgan fingerprint density at radius 2 is 1.82 bits per heavy atom. The van der Waals surface area contributed by atoms with Gasteiger partial charge in [0.25, 0.3) is 0 Å². The minimum absolute atomic E-state index is 0.319. The maximum absolute atomic E-state index is 10.7. The molecule has 1 rings (SSSR count). The van der Waals surface area contributed by atoms with Gasteiger partial charge in [0.2, 0.25) is 0 Å². The van der Waals surface area contributed by atoms with Crippen LogP contribution in [0.2, 0.25) is 0 Å². The lowest BCUT2D eigenvalue weighted by Crippen LogP contribution is -2.60. The first-order chi connectivity index (χ1) is 7.62. The molecule has 4 heteroatoms.